The van der Waals surface area contributed by atoms with Crippen LogP contribution in [-0.2, 0) is 0 Å². The number of benzene rings is 2. The monoisotopic (exact) mass is 530 g/mol. The van der Waals surface area contributed by atoms with Crippen LogP contribution in [0.15, 0.2) is 36.4 Å². The summed E-state index contributed by atoms with van der Waals surface area (Å²) in [4.78, 5) is 0. The molecular formula is C32H52O2P2. The molecule has 2 aromatic rings. The summed E-state index contributed by atoms with van der Waals surface area (Å²) >= 11 is 0. The molecular weight excluding hydrogens is 478 g/mol. The summed E-state index contributed by atoms with van der Waals surface area (Å²) in [5.74, 6) is 4.70. The molecule has 0 N–H and O–H groups in total. The molecule has 2 nitrogen and oxygen atoms in total. The first kappa shape index (κ1) is 31.1. The van der Waals surface area contributed by atoms with Crippen LogP contribution in [0.2, 0.25) is 0 Å². The molecule has 0 aliphatic carbocycles. The second-order valence-electron chi connectivity index (χ2n) is 11.6. The Bertz CT molecular complexity index is 825. The quantitative estimate of drug-likeness (QED) is 0.214. The van der Waals surface area contributed by atoms with Gasteiger partial charge in [-0.05, 0) is 84.9 Å². The van der Waals surface area contributed by atoms with Gasteiger partial charge in [0, 0.05) is 11.1 Å². The zero-order chi connectivity index (χ0) is 26.8. The Kier molecular flexibility index (Phi) is 13.3. The van der Waals surface area contributed by atoms with Crippen LogP contribution in [0, 0.1) is 23.7 Å². The molecule has 0 spiro atoms. The molecule has 0 bridgehead atoms. The van der Waals surface area contributed by atoms with Gasteiger partial charge in [-0.15, -0.1) is 0 Å². The summed E-state index contributed by atoms with van der Waals surface area (Å²) in [6.45, 7) is 24.5. The van der Waals surface area contributed by atoms with Gasteiger partial charge in [-0.2, -0.15) is 0 Å². The van der Waals surface area contributed by atoms with E-state index in [9.17, 15) is 0 Å². The first-order chi connectivity index (χ1) is 17.1. The minimum absolute atomic E-state index is 0.321. The van der Waals surface area contributed by atoms with Crippen molar-refractivity contribution < 1.29 is 9.47 Å². The average molecular weight is 531 g/mol. The fourth-order valence-electron chi connectivity index (χ4n) is 4.93. The van der Waals surface area contributed by atoms with Gasteiger partial charge in [0.2, 0.25) is 0 Å². The molecule has 2 rings (SSSR count). The lowest BCUT2D eigenvalue weighted by Gasteiger charge is -2.30. The highest BCUT2D eigenvalue weighted by molar-refractivity contribution is 7.66. The van der Waals surface area contributed by atoms with E-state index in [1.165, 1.54) is 46.4 Å². The average Bonchev–Trinajstić information content (AvgIpc) is 2.77. The first-order valence-corrected chi connectivity index (χ1v) is 17.5. The predicted octanol–water partition coefficient (Wildman–Crippen LogP) is 8.99. The van der Waals surface area contributed by atoms with Gasteiger partial charge in [-0.3, -0.25) is 0 Å². The Balaban J connectivity index is 2.92. The summed E-state index contributed by atoms with van der Waals surface area (Å²) in [6, 6.07) is 13.6. The highest BCUT2D eigenvalue weighted by atomic mass is 31.1. The molecule has 0 unspecified atom stereocenters. The van der Waals surface area contributed by atoms with Gasteiger partial charge in [0.15, 0.2) is 0 Å². The third-order valence-corrected chi connectivity index (χ3v) is 12.7. The first-order valence-electron chi connectivity index (χ1n) is 14.1. The minimum Gasteiger partial charge on any atom is -0.493 e. The third-order valence-electron chi connectivity index (χ3n) is 5.88. The smallest absolute Gasteiger partial charge is 0.127 e. The van der Waals surface area contributed by atoms with Gasteiger partial charge in [0.25, 0.3) is 0 Å². The van der Waals surface area contributed by atoms with Gasteiger partial charge in [-0.1, -0.05) is 95.5 Å². The van der Waals surface area contributed by atoms with Crippen LogP contribution in [0.1, 0.15) is 69.2 Å². The van der Waals surface area contributed by atoms with E-state index >= 15 is 0 Å². The summed E-state index contributed by atoms with van der Waals surface area (Å²) in [5, 5.41) is 2.99. The van der Waals surface area contributed by atoms with E-state index in [1.807, 2.05) is 0 Å². The standard InChI is InChI=1S/C32H52O2P2/c1-11-33-27-15-13-17-29(35(19-23(3)4)20-24(5)6)31(27)32-28(34-12-2)16-14-18-30(32)36(21-25(7)8)22-26(9)10/h13-18,23-26H,11-12,19-22H2,1-10H3. The third kappa shape index (κ3) is 9.03. The van der Waals surface area contributed by atoms with E-state index in [4.69, 9.17) is 9.47 Å². The minimum atomic E-state index is -0.321. The second kappa shape index (κ2) is 15.3. The zero-order valence-corrected chi connectivity index (χ0v) is 26.5. The van der Waals surface area contributed by atoms with Crippen molar-refractivity contribution in [2.24, 2.45) is 23.7 Å². The fraction of sp³-hybridized carbons (Fsp3) is 0.625. The van der Waals surface area contributed by atoms with Crippen molar-refractivity contribution in [2.45, 2.75) is 69.2 Å². The predicted molar refractivity (Wildman–Crippen MR) is 166 cm³/mol. The highest BCUT2D eigenvalue weighted by Gasteiger charge is 2.28. The molecule has 0 aliphatic rings. The molecule has 0 radical (unpaired) electrons. The summed E-state index contributed by atoms with van der Waals surface area (Å²) in [6.07, 6.45) is 4.98. The highest BCUT2D eigenvalue weighted by Crippen LogP contribution is 2.49. The van der Waals surface area contributed by atoms with Crippen molar-refractivity contribution >= 4 is 26.5 Å². The molecule has 0 atom stereocenters. The van der Waals surface area contributed by atoms with Gasteiger partial charge in [0.05, 0.1) is 13.2 Å². The number of hydrogen-bond donors (Lipinski definition) is 0. The normalized spacial score (nSPS) is 12.1. The van der Waals surface area contributed by atoms with Gasteiger partial charge >= 0.3 is 0 Å². The van der Waals surface area contributed by atoms with Crippen LogP contribution in [0.5, 0.6) is 11.5 Å². The molecule has 0 aromatic heterocycles. The Morgan fingerprint density at radius 2 is 0.833 bits per heavy atom. The second-order valence-corrected chi connectivity index (χ2v) is 16.1. The van der Waals surface area contributed by atoms with Crippen LogP contribution in [-0.4, -0.2) is 37.9 Å². The Hall–Kier alpha value is -1.10. The Morgan fingerprint density at radius 1 is 0.528 bits per heavy atom. The van der Waals surface area contributed by atoms with Crippen LogP contribution >= 0.6 is 15.8 Å². The molecule has 0 saturated heterocycles. The molecule has 4 heteroatoms. The van der Waals surface area contributed by atoms with Gasteiger partial charge in [-0.25, -0.2) is 0 Å². The van der Waals surface area contributed by atoms with Crippen LogP contribution in [0.3, 0.4) is 0 Å². The maximum Gasteiger partial charge on any atom is 0.127 e. The van der Waals surface area contributed by atoms with Crippen molar-refractivity contribution in [1.29, 1.82) is 0 Å². The van der Waals surface area contributed by atoms with Crippen LogP contribution < -0.4 is 20.1 Å². The molecule has 0 saturated carbocycles. The molecule has 0 amide bonds. The molecule has 0 heterocycles. The number of rotatable bonds is 15. The number of hydrogen-bond acceptors (Lipinski definition) is 2. The van der Waals surface area contributed by atoms with Crippen molar-refractivity contribution in [3.8, 4) is 22.6 Å². The molecule has 2 aromatic carbocycles. The lowest BCUT2D eigenvalue weighted by Crippen LogP contribution is -2.21. The summed E-state index contributed by atoms with van der Waals surface area (Å²) in [5.41, 5.74) is 2.62. The van der Waals surface area contributed by atoms with E-state index < -0.39 is 0 Å². The van der Waals surface area contributed by atoms with E-state index in [0.717, 1.165) is 11.5 Å². The maximum atomic E-state index is 6.38. The summed E-state index contributed by atoms with van der Waals surface area (Å²) in [7, 11) is -0.642. The van der Waals surface area contributed by atoms with Gasteiger partial charge in [0.1, 0.15) is 11.5 Å². The van der Waals surface area contributed by atoms with Crippen molar-refractivity contribution in [3.05, 3.63) is 36.4 Å². The maximum absolute atomic E-state index is 6.38. The van der Waals surface area contributed by atoms with E-state index in [0.29, 0.717) is 36.9 Å². The topological polar surface area (TPSA) is 18.5 Å². The van der Waals surface area contributed by atoms with E-state index in [2.05, 4.69) is 106 Å². The van der Waals surface area contributed by atoms with Crippen molar-refractivity contribution in [1.82, 2.24) is 0 Å². The van der Waals surface area contributed by atoms with Crippen molar-refractivity contribution in [3.63, 3.8) is 0 Å². The van der Waals surface area contributed by atoms with E-state index in [1.54, 1.807) is 0 Å². The lowest BCUT2D eigenvalue weighted by molar-refractivity contribution is 0.337. The van der Waals surface area contributed by atoms with Gasteiger partial charge < -0.3 is 9.47 Å². The van der Waals surface area contributed by atoms with Crippen LogP contribution in [0.4, 0.5) is 0 Å². The molecule has 202 valence electrons. The molecule has 0 fully saturated rings. The van der Waals surface area contributed by atoms with Crippen molar-refractivity contribution in [2.75, 3.05) is 37.9 Å². The Morgan fingerprint density at radius 3 is 1.08 bits per heavy atom. The fourth-order valence-corrected chi connectivity index (χ4v) is 11.2. The molecule has 0 aliphatic heterocycles. The number of ether oxygens (including phenoxy) is 2. The van der Waals surface area contributed by atoms with E-state index in [-0.39, 0.29) is 15.8 Å². The Labute approximate surface area is 225 Å². The molecule has 36 heavy (non-hydrogen) atoms. The SMILES string of the molecule is CCOc1cccc(P(CC(C)C)CC(C)C)c1-c1c(OCC)cccc1P(CC(C)C)CC(C)C. The zero-order valence-electron chi connectivity index (χ0n) is 24.7. The van der Waals surface area contributed by atoms with Crippen LogP contribution in [0.25, 0.3) is 11.1 Å². The summed E-state index contributed by atoms with van der Waals surface area (Å²) < 4.78 is 12.8. The largest absolute Gasteiger partial charge is 0.493 e. The lowest BCUT2D eigenvalue weighted by atomic mass is 10.0.